The fourth-order valence-electron chi connectivity index (χ4n) is 1.26. The van der Waals surface area contributed by atoms with Gasteiger partial charge in [-0.25, -0.2) is 0 Å². The van der Waals surface area contributed by atoms with Gasteiger partial charge in [0.2, 0.25) is 0 Å². The predicted molar refractivity (Wildman–Crippen MR) is 62.8 cm³/mol. The highest BCUT2D eigenvalue weighted by molar-refractivity contribution is 9.08. The molecule has 0 amide bonds. The van der Waals surface area contributed by atoms with E-state index in [4.69, 9.17) is 17.3 Å². The SMILES string of the molecule is CC(=O)C(Cl)c1c(N)cccc1CBr. The molecule has 76 valence electrons. The van der Waals surface area contributed by atoms with Crippen molar-refractivity contribution in [3.05, 3.63) is 29.3 Å². The highest BCUT2D eigenvalue weighted by Gasteiger charge is 2.18. The largest absolute Gasteiger partial charge is 0.398 e. The fourth-order valence-corrected chi connectivity index (χ4v) is 2.02. The van der Waals surface area contributed by atoms with Gasteiger partial charge >= 0.3 is 0 Å². The number of nitrogens with two attached hydrogens (primary N) is 1. The van der Waals surface area contributed by atoms with Crippen LogP contribution in [0.4, 0.5) is 5.69 Å². The molecule has 0 aliphatic rings. The number of nitrogen functional groups attached to an aromatic ring is 1. The highest BCUT2D eigenvalue weighted by atomic mass is 79.9. The first kappa shape index (κ1) is 11.5. The maximum atomic E-state index is 11.2. The minimum Gasteiger partial charge on any atom is -0.398 e. The Kier molecular flexibility index (Phi) is 3.96. The molecule has 0 aliphatic carbocycles. The summed E-state index contributed by atoms with van der Waals surface area (Å²) in [5.74, 6) is -0.0910. The lowest BCUT2D eigenvalue weighted by Gasteiger charge is -2.13. The molecule has 14 heavy (non-hydrogen) atoms. The van der Waals surface area contributed by atoms with Gasteiger partial charge in [-0.2, -0.15) is 0 Å². The second-order valence-corrected chi connectivity index (χ2v) is 4.02. The zero-order valence-electron chi connectivity index (χ0n) is 7.76. The summed E-state index contributed by atoms with van der Waals surface area (Å²) in [7, 11) is 0. The summed E-state index contributed by atoms with van der Waals surface area (Å²) < 4.78 is 0. The van der Waals surface area contributed by atoms with Gasteiger partial charge < -0.3 is 5.73 Å². The molecule has 0 saturated carbocycles. The lowest BCUT2D eigenvalue weighted by Crippen LogP contribution is -2.07. The van der Waals surface area contributed by atoms with Crippen LogP contribution in [0, 0.1) is 0 Å². The molecular weight excluding hydrogens is 265 g/mol. The number of hydrogen-bond donors (Lipinski definition) is 1. The minimum absolute atomic E-state index is 0.0910. The Bertz CT molecular complexity index is 354. The van der Waals surface area contributed by atoms with Crippen molar-refractivity contribution in [1.29, 1.82) is 0 Å². The average Bonchev–Trinajstić information content (AvgIpc) is 2.16. The molecule has 1 unspecified atom stereocenters. The number of benzene rings is 1. The van der Waals surface area contributed by atoms with E-state index >= 15 is 0 Å². The van der Waals surface area contributed by atoms with Gasteiger partial charge in [-0.05, 0) is 18.6 Å². The van der Waals surface area contributed by atoms with E-state index in [1.807, 2.05) is 12.1 Å². The van der Waals surface area contributed by atoms with Gasteiger partial charge in [0.1, 0.15) is 5.38 Å². The number of carbonyl (C=O) groups is 1. The smallest absolute Gasteiger partial charge is 0.152 e. The molecule has 0 bridgehead atoms. The van der Waals surface area contributed by atoms with Crippen molar-refractivity contribution < 1.29 is 4.79 Å². The molecule has 1 atom stereocenters. The first-order chi connectivity index (χ1) is 6.57. The van der Waals surface area contributed by atoms with Gasteiger partial charge in [-0.1, -0.05) is 28.1 Å². The molecule has 0 aromatic heterocycles. The summed E-state index contributed by atoms with van der Waals surface area (Å²) >= 11 is 9.31. The minimum atomic E-state index is -0.649. The summed E-state index contributed by atoms with van der Waals surface area (Å²) in [5, 5.41) is -0.00657. The lowest BCUT2D eigenvalue weighted by atomic mass is 10.0. The molecule has 1 rings (SSSR count). The van der Waals surface area contributed by atoms with E-state index in [-0.39, 0.29) is 5.78 Å². The van der Waals surface area contributed by atoms with Crippen LogP contribution in [-0.4, -0.2) is 5.78 Å². The lowest BCUT2D eigenvalue weighted by molar-refractivity contribution is -0.116. The molecule has 0 aliphatic heterocycles. The number of carbonyl (C=O) groups excluding carboxylic acids is 1. The molecule has 4 heteroatoms. The summed E-state index contributed by atoms with van der Waals surface area (Å²) in [6, 6.07) is 5.50. The van der Waals surface area contributed by atoms with Crippen LogP contribution in [-0.2, 0) is 10.1 Å². The molecule has 0 heterocycles. The summed E-state index contributed by atoms with van der Waals surface area (Å²) in [5.41, 5.74) is 8.02. The van der Waals surface area contributed by atoms with Gasteiger partial charge in [0.15, 0.2) is 5.78 Å². The van der Waals surface area contributed by atoms with Gasteiger partial charge in [0.25, 0.3) is 0 Å². The number of halogens is 2. The third-order valence-corrected chi connectivity index (χ3v) is 3.11. The maximum absolute atomic E-state index is 11.2. The van der Waals surface area contributed by atoms with Crippen LogP contribution in [0.25, 0.3) is 0 Å². The number of rotatable bonds is 3. The van der Waals surface area contributed by atoms with Gasteiger partial charge in [0.05, 0.1) is 0 Å². The number of Topliss-reactive ketones (excluding diaryl/α,β-unsaturated/α-hetero) is 1. The van der Waals surface area contributed by atoms with Crippen LogP contribution in [0.15, 0.2) is 18.2 Å². The van der Waals surface area contributed by atoms with Crippen molar-refractivity contribution in [3.8, 4) is 0 Å². The summed E-state index contributed by atoms with van der Waals surface area (Å²) in [6.07, 6.45) is 0. The Hall–Kier alpha value is -0.540. The number of ketones is 1. The van der Waals surface area contributed by atoms with Crippen LogP contribution in [0.1, 0.15) is 23.4 Å². The Balaban J connectivity index is 3.23. The van der Waals surface area contributed by atoms with Crippen molar-refractivity contribution >= 4 is 39.0 Å². The van der Waals surface area contributed by atoms with Crippen molar-refractivity contribution in [2.45, 2.75) is 17.6 Å². The van der Waals surface area contributed by atoms with E-state index < -0.39 is 5.38 Å². The van der Waals surface area contributed by atoms with Crippen molar-refractivity contribution in [2.24, 2.45) is 0 Å². The maximum Gasteiger partial charge on any atom is 0.152 e. The monoisotopic (exact) mass is 275 g/mol. The third kappa shape index (κ3) is 2.28. The molecule has 1 aromatic rings. The van der Waals surface area contributed by atoms with Gasteiger partial charge in [-0.3, -0.25) is 4.79 Å². The molecule has 2 nitrogen and oxygen atoms in total. The van der Waals surface area contributed by atoms with E-state index in [0.29, 0.717) is 11.0 Å². The van der Waals surface area contributed by atoms with Crippen LogP contribution < -0.4 is 5.73 Å². The Morgan fingerprint density at radius 3 is 2.79 bits per heavy atom. The van der Waals surface area contributed by atoms with Crippen molar-refractivity contribution in [3.63, 3.8) is 0 Å². The van der Waals surface area contributed by atoms with Crippen LogP contribution in [0.5, 0.6) is 0 Å². The normalized spacial score (nSPS) is 12.5. The van der Waals surface area contributed by atoms with Gasteiger partial charge in [0, 0.05) is 16.6 Å². The van der Waals surface area contributed by atoms with Crippen LogP contribution in [0.2, 0.25) is 0 Å². The highest BCUT2D eigenvalue weighted by Crippen LogP contribution is 2.31. The molecule has 0 fully saturated rings. The summed E-state index contributed by atoms with van der Waals surface area (Å²) in [6.45, 7) is 1.46. The van der Waals surface area contributed by atoms with E-state index in [1.54, 1.807) is 6.07 Å². The third-order valence-electron chi connectivity index (χ3n) is 1.98. The molecule has 0 radical (unpaired) electrons. The molecule has 0 saturated heterocycles. The second kappa shape index (κ2) is 4.80. The van der Waals surface area contributed by atoms with Gasteiger partial charge in [-0.15, -0.1) is 11.6 Å². The number of alkyl halides is 2. The zero-order valence-corrected chi connectivity index (χ0v) is 10.1. The molecular formula is C10H11BrClNO. The van der Waals surface area contributed by atoms with Crippen LogP contribution in [0.3, 0.4) is 0 Å². The van der Waals surface area contributed by atoms with E-state index in [1.165, 1.54) is 6.92 Å². The number of hydrogen-bond acceptors (Lipinski definition) is 2. The van der Waals surface area contributed by atoms with Crippen molar-refractivity contribution in [1.82, 2.24) is 0 Å². The average molecular weight is 277 g/mol. The quantitative estimate of drug-likeness (QED) is 0.681. The van der Waals surface area contributed by atoms with Crippen LogP contribution >= 0.6 is 27.5 Å². The Labute approximate surface area is 96.6 Å². The zero-order chi connectivity index (χ0) is 10.7. The fraction of sp³-hybridized carbons (Fsp3) is 0.300. The van der Waals surface area contributed by atoms with Crippen molar-refractivity contribution in [2.75, 3.05) is 5.73 Å². The Morgan fingerprint density at radius 1 is 1.64 bits per heavy atom. The molecule has 0 spiro atoms. The number of anilines is 1. The standard InChI is InChI=1S/C10H11BrClNO/c1-6(14)10(12)9-7(5-11)3-2-4-8(9)13/h2-4,10H,5,13H2,1H3. The first-order valence-electron chi connectivity index (χ1n) is 4.15. The second-order valence-electron chi connectivity index (χ2n) is 3.03. The molecule has 2 N–H and O–H groups in total. The van der Waals surface area contributed by atoms with E-state index in [9.17, 15) is 4.79 Å². The molecule has 1 aromatic carbocycles. The topological polar surface area (TPSA) is 43.1 Å². The van der Waals surface area contributed by atoms with E-state index in [2.05, 4.69) is 15.9 Å². The summed E-state index contributed by atoms with van der Waals surface area (Å²) in [4.78, 5) is 11.2. The predicted octanol–water partition coefficient (Wildman–Crippen LogP) is 3.03. The first-order valence-corrected chi connectivity index (χ1v) is 5.71. The Morgan fingerprint density at radius 2 is 2.29 bits per heavy atom. The van der Waals surface area contributed by atoms with E-state index in [0.717, 1.165) is 11.1 Å².